The Morgan fingerprint density at radius 3 is 2.35 bits per heavy atom. The maximum absolute atomic E-state index is 5.62. The third-order valence-electron chi connectivity index (χ3n) is 4.96. The smallest absolute Gasteiger partial charge is 0.191 e. The van der Waals surface area contributed by atoms with Crippen LogP contribution in [-0.2, 0) is 4.74 Å². The maximum atomic E-state index is 5.62. The summed E-state index contributed by atoms with van der Waals surface area (Å²) in [5, 5.41) is 6.82. The van der Waals surface area contributed by atoms with Crippen LogP contribution in [0, 0.1) is 5.92 Å². The molecule has 0 amide bonds. The normalized spacial score (nSPS) is 18.3. The average Bonchev–Trinajstić information content (AvgIpc) is 2.62. The fourth-order valence-electron chi connectivity index (χ4n) is 3.16. The summed E-state index contributed by atoms with van der Waals surface area (Å²) in [7, 11) is 2.21. The van der Waals surface area contributed by atoms with Crippen molar-refractivity contribution in [3.8, 4) is 0 Å². The zero-order chi connectivity index (χ0) is 19.2. The molecule has 0 aromatic carbocycles. The molecule has 1 saturated heterocycles. The molecule has 1 unspecified atom stereocenters. The monoisotopic (exact) mass is 369 g/mol. The van der Waals surface area contributed by atoms with E-state index in [9.17, 15) is 0 Å². The minimum Gasteiger partial charge on any atom is -0.381 e. The number of likely N-dealkylation sites (N-methyl/N-ethyl adjacent to an activating group) is 1. The van der Waals surface area contributed by atoms with E-state index in [4.69, 9.17) is 9.73 Å². The molecule has 1 heterocycles. The van der Waals surface area contributed by atoms with Gasteiger partial charge in [0.15, 0.2) is 5.96 Å². The first kappa shape index (κ1) is 23.2. The van der Waals surface area contributed by atoms with E-state index < -0.39 is 0 Å². The SMILES string of the molecule is CCCCOCCCNC(=NCC(C(C)C)N1CCN(C)CC1)NCC. The summed E-state index contributed by atoms with van der Waals surface area (Å²) in [5.41, 5.74) is 0. The van der Waals surface area contributed by atoms with Crippen LogP contribution in [0.4, 0.5) is 0 Å². The minimum absolute atomic E-state index is 0.511. The number of piperazine rings is 1. The molecule has 1 rings (SSSR count). The second-order valence-electron chi connectivity index (χ2n) is 7.62. The van der Waals surface area contributed by atoms with E-state index in [1.165, 1.54) is 6.42 Å². The first-order valence-corrected chi connectivity index (χ1v) is 10.6. The van der Waals surface area contributed by atoms with Gasteiger partial charge in [0, 0.05) is 58.5 Å². The number of hydrogen-bond acceptors (Lipinski definition) is 4. The third-order valence-corrected chi connectivity index (χ3v) is 4.96. The molecule has 0 spiro atoms. The van der Waals surface area contributed by atoms with Gasteiger partial charge in [0.25, 0.3) is 0 Å². The molecule has 0 radical (unpaired) electrons. The van der Waals surface area contributed by atoms with Crippen LogP contribution < -0.4 is 10.6 Å². The first-order chi connectivity index (χ1) is 12.6. The lowest BCUT2D eigenvalue weighted by Gasteiger charge is -2.39. The minimum atomic E-state index is 0.511. The summed E-state index contributed by atoms with van der Waals surface area (Å²) in [6.45, 7) is 17.9. The fraction of sp³-hybridized carbons (Fsp3) is 0.950. The summed E-state index contributed by atoms with van der Waals surface area (Å²) in [4.78, 5) is 9.89. The van der Waals surface area contributed by atoms with Crippen molar-refractivity contribution >= 4 is 5.96 Å². The van der Waals surface area contributed by atoms with Crippen LogP contribution in [0.25, 0.3) is 0 Å². The molecule has 1 fully saturated rings. The van der Waals surface area contributed by atoms with Gasteiger partial charge in [0.2, 0.25) is 0 Å². The third kappa shape index (κ3) is 9.74. The van der Waals surface area contributed by atoms with E-state index in [-0.39, 0.29) is 0 Å². The van der Waals surface area contributed by atoms with Gasteiger partial charge in [-0.15, -0.1) is 0 Å². The lowest BCUT2D eigenvalue weighted by atomic mass is 10.0. The lowest BCUT2D eigenvalue weighted by Crippen LogP contribution is -2.52. The summed E-state index contributed by atoms with van der Waals surface area (Å²) in [6, 6.07) is 0.511. The largest absolute Gasteiger partial charge is 0.381 e. The van der Waals surface area contributed by atoms with Crippen LogP contribution in [0.15, 0.2) is 4.99 Å². The number of nitrogens with zero attached hydrogens (tertiary/aromatic N) is 3. The standard InChI is InChI=1S/C20H43N5O/c1-6-8-15-26-16-9-10-22-20(21-7-2)23-17-19(18(3)4)25-13-11-24(5)12-14-25/h18-19H,6-17H2,1-5H3,(H2,21,22,23). The molecule has 1 aliphatic rings. The molecule has 0 aromatic rings. The van der Waals surface area contributed by atoms with E-state index in [0.717, 1.165) is 77.8 Å². The average molecular weight is 370 g/mol. The predicted molar refractivity (Wildman–Crippen MR) is 112 cm³/mol. The van der Waals surface area contributed by atoms with E-state index in [0.29, 0.717) is 12.0 Å². The summed E-state index contributed by atoms with van der Waals surface area (Å²) >= 11 is 0. The van der Waals surface area contributed by atoms with Gasteiger partial charge in [-0.05, 0) is 32.7 Å². The predicted octanol–water partition coefficient (Wildman–Crippen LogP) is 2.02. The van der Waals surface area contributed by atoms with Gasteiger partial charge in [-0.1, -0.05) is 27.2 Å². The summed E-state index contributed by atoms with van der Waals surface area (Å²) < 4.78 is 5.62. The van der Waals surface area contributed by atoms with Gasteiger partial charge in [-0.25, -0.2) is 0 Å². The zero-order valence-corrected chi connectivity index (χ0v) is 17.9. The Labute approximate surface area is 161 Å². The molecule has 0 saturated carbocycles. The van der Waals surface area contributed by atoms with E-state index in [1.54, 1.807) is 0 Å². The van der Waals surface area contributed by atoms with E-state index >= 15 is 0 Å². The van der Waals surface area contributed by atoms with Gasteiger partial charge < -0.3 is 20.3 Å². The molecular weight excluding hydrogens is 326 g/mol. The number of hydrogen-bond donors (Lipinski definition) is 2. The van der Waals surface area contributed by atoms with Gasteiger partial charge in [0.1, 0.15) is 0 Å². The summed E-state index contributed by atoms with van der Waals surface area (Å²) in [5.74, 6) is 1.54. The molecule has 6 nitrogen and oxygen atoms in total. The Hall–Kier alpha value is -0.850. The second-order valence-corrected chi connectivity index (χ2v) is 7.62. The van der Waals surface area contributed by atoms with E-state index in [1.807, 2.05) is 0 Å². The molecule has 6 heteroatoms. The highest BCUT2D eigenvalue weighted by Crippen LogP contribution is 2.14. The molecular formula is C20H43N5O. The highest BCUT2D eigenvalue weighted by Gasteiger charge is 2.24. The molecule has 0 aliphatic carbocycles. The molecule has 1 atom stereocenters. The number of ether oxygens (including phenoxy) is 1. The lowest BCUT2D eigenvalue weighted by molar-refractivity contribution is 0.0925. The molecule has 0 aromatic heterocycles. The van der Waals surface area contributed by atoms with Crippen molar-refractivity contribution in [2.75, 3.05) is 66.1 Å². The van der Waals surface area contributed by atoms with Crippen LogP contribution in [0.1, 0.15) is 47.0 Å². The van der Waals surface area contributed by atoms with Crippen molar-refractivity contribution in [3.63, 3.8) is 0 Å². The van der Waals surface area contributed by atoms with Crippen molar-refractivity contribution in [3.05, 3.63) is 0 Å². The van der Waals surface area contributed by atoms with Crippen LogP contribution >= 0.6 is 0 Å². The van der Waals surface area contributed by atoms with Crippen molar-refractivity contribution in [2.45, 2.75) is 53.0 Å². The first-order valence-electron chi connectivity index (χ1n) is 10.6. The van der Waals surface area contributed by atoms with Gasteiger partial charge >= 0.3 is 0 Å². The maximum Gasteiger partial charge on any atom is 0.191 e. The quantitative estimate of drug-likeness (QED) is 0.313. The Kier molecular flexibility index (Phi) is 12.7. The van der Waals surface area contributed by atoms with Gasteiger partial charge in [-0.2, -0.15) is 0 Å². The van der Waals surface area contributed by atoms with Crippen molar-refractivity contribution < 1.29 is 4.74 Å². The molecule has 26 heavy (non-hydrogen) atoms. The van der Waals surface area contributed by atoms with Crippen molar-refractivity contribution in [1.82, 2.24) is 20.4 Å². The number of nitrogens with one attached hydrogen (secondary N) is 2. The number of unbranched alkanes of at least 4 members (excludes halogenated alkanes) is 1. The highest BCUT2D eigenvalue weighted by atomic mass is 16.5. The van der Waals surface area contributed by atoms with Crippen molar-refractivity contribution in [1.29, 1.82) is 0 Å². The Morgan fingerprint density at radius 1 is 1.04 bits per heavy atom. The highest BCUT2D eigenvalue weighted by molar-refractivity contribution is 5.79. The van der Waals surface area contributed by atoms with Crippen LogP contribution in [-0.4, -0.2) is 87.9 Å². The van der Waals surface area contributed by atoms with Gasteiger partial charge in [0.05, 0.1) is 6.54 Å². The van der Waals surface area contributed by atoms with Crippen molar-refractivity contribution in [2.24, 2.45) is 10.9 Å². The molecule has 0 bridgehead atoms. The molecule has 154 valence electrons. The number of guanidine groups is 1. The molecule has 1 aliphatic heterocycles. The fourth-order valence-corrected chi connectivity index (χ4v) is 3.16. The Bertz CT molecular complexity index is 367. The Morgan fingerprint density at radius 2 is 1.73 bits per heavy atom. The topological polar surface area (TPSA) is 52.1 Å². The van der Waals surface area contributed by atoms with E-state index in [2.05, 4.69) is 55.2 Å². The Balaban J connectivity index is 2.41. The number of aliphatic imine (C=N–C) groups is 1. The van der Waals surface area contributed by atoms with Gasteiger partial charge in [-0.3, -0.25) is 9.89 Å². The second kappa shape index (κ2) is 14.2. The number of rotatable bonds is 12. The van der Waals surface area contributed by atoms with Crippen LogP contribution in [0.3, 0.4) is 0 Å². The van der Waals surface area contributed by atoms with Crippen LogP contribution in [0.2, 0.25) is 0 Å². The molecule has 2 N–H and O–H groups in total. The zero-order valence-electron chi connectivity index (χ0n) is 17.9. The summed E-state index contributed by atoms with van der Waals surface area (Å²) in [6.07, 6.45) is 3.36. The van der Waals surface area contributed by atoms with Crippen LogP contribution in [0.5, 0.6) is 0 Å².